The molecule has 1 aromatic heterocycles. The van der Waals surface area contributed by atoms with E-state index in [9.17, 15) is 18.4 Å². The third-order valence-corrected chi connectivity index (χ3v) is 5.13. The molecule has 4 aromatic rings. The molecular formula is C27H18F2N2O4. The molecule has 0 radical (unpaired) electrons. The molecule has 3 N–H and O–H groups in total. The van der Waals surface area contributed by atoms with E-state index in [0.717, 1.165) is 18.2 Å². The molecule has 0 atom stereocenters. The van der Waals surface area contributed by atoms with Crippen molar-refractivity contribution in [2.75, 3.05) is 0 Å². The normalized spacial score (nSPS) is 11.4. The van der Waals surface area contributed by atoms with Crippen LogP contribution >= 0.6 is 0 Å². The average molecular weight is 472 g/mol. The first-order valence-electron chi connectivity index (χ1n) is 10.4. The third kappa shape index (κ3) is 5.39. The van der Waals surface area contributed by atoms with Crippen LogP contribution in [0.4, 0.5) is 8.78 Å². The summed E-state index contributed by atoms with van der Waals surface area (Å²) < 4.78 is 28.3. The maximum Gasteiger partial charge on any atom is 0.328 e. The van der Waals surface area contributed by atoms with E-state index in [1.165, 1.54) is 24.3 Å². The zero-order valence-corrected chi connectivity index (χ0v) is 18.1. The van der Waals surface area contributed by atoms with Crippen LogP contribution in [0.2, 0.25) is 0 Å². The number of carboxylic acid groups (broad SMARTS) is 2. The molecule has 0 bridgehead atoms. The Labute approximate surface area is 198 Å². The van der Waals surface area contributed by atoms with Crippen molar-refractivity contribution in [1.82, 2.24) is 9.97 Å². The highest BCUT2D eigenvalue weighted by Crippen LogP contribution is 2.34. The topological polar surface area (TPSA) is 103 Å². The summed E-state index contributed by atoms with van der Waals surface area (Å²) in [4.78, 5) is 29.1. The van der Waals surface area contributed by atoms with E-state index in [0.29, 0.717) is 33.6 Å². The number of carboxylic acids is 2. The standard InChI is InChI=1S/C27H18F2N2O4/c28-21-3-1-2-20(24(21)29)27-30-25(18-10-4-16(5-11-18)8-14-22(32)33)26(31-27)19-12-6-17(7-13-19)9-15-23(34)35/h1-15H,(H,30,31)(H,32,33)(H,34,35)/b14-8+,15-9+. The summed E-state index contributed by atoms with van der Waals surface area (Å²) in [5.41, 5.74) is 3.69. The first kappa shape index (κ1) is 23.3. The lowest BCUT2D eigenvalue weighted by molar-refractivity contribution is -0.132. The highest BCUT2D eigenvalue weighted by atomic mass is 19.2. The number of benzene rings is 3. The van der Waals surface area contributed by atoms with Crippen molar-refractivity contribution < 1.29 is 28.6 Å². The van der Waals surface area contributed by atoms with Gasteiger partial charge in [-0.3, -0.25) is 0 Å². The zero-order chi connectivity index (χ0) is 24.9. The lowest BCUT2D eigenvalue weighted by atomic mass is 10.0. The number of rotatable bonds is 7. The van der Waals surface area contributed by atoms with E-state index in [2.05, 4.69) is 9.97 Å². The molecule has 0 saturated carbocycles. The monoisotopic (exact) mass is 472 g/mol. The molecule has 4 rings (SSSR count). The van der Waals surface area contributed by atoms with Crippen LogP contribution in [0.25, 0.3) is 46.1 Å². The molecular weight excluding hydrogens is 454 g/mol. The zero-order valence-electron chi connectivity index (χ0n) is 18.1. The number of nitrogens with one attached hydrogen (secondary N) is 1. The van der Waals surface area contributed by atoms with Gasteiger partial charge in [-0.1, -0.05) is 54.6 Å². The number of aliphatic carboxylic acids is 2. The van der Waals surface area contributed by atoms with Crippen molar-refractivity contribution >= 4 is 24.1 Å². The van der Waals surface area contributed by atoms with Gasteiger partial charge in [0.05, 0.1) is 17.0 Å². The van der Waals surface area contributed by atoms with Crippen LogP contribution in [-0.2, 0) is 9.59 Å². The highest BCUT2D eigenvalue weighted by molar-refractivity contribution is 5.87. The van der Waals surface area contributed by atoms with Gasteiger partial charge in [0, 0.05) is 23.3 Å². The number of H-pyrrole nitrogens is 1. The molecule has 6 nitrogen and oxygen atoms in total. The Morgan fingerprint density at radius 1 is 0.771 bits per heavy atom. The van der Waals surface area contributed by atoms with E-state index >= 15 is 0 Å². The molecule has 0 saturated heterocycles. The van der Waals surface area contributed by atoms with E-state index in [1.54, 1.807) is 48.5 Å². The number of halogens is 2. The van der Waals surface area contributed by atoms with Crippen molar-refractivity contribution in [2.45, 2.75) is 0 Å². The Balaban J connectivity index is 1.80. The van der Waals surface area contributed by atoms with Gasteiger partial charge in [-0.2, -0.15) is 0 Å². The van der Waals surface area contributed by atoms with Crippen molar-refractivity contribution in [3.63, 3.8) is 0 Å². The second-order valence-electron chi connectivity index (χ2n) is 7.50. The fraction of sp³-hybridized carbons (Fsp3) is 0. The number of carbonyl (C=O) groups is 2. The quantitative estimate of drug-likeness (QED) is 0.291. The van der Waals surface area contributed by atoms with Crippen LogP contribution in [0.3, 0.4) is 0 Å². The fourth-order valence-electron chi connectivity index (χ4n) is 3.45. The van der Waals surface area contributed by atoms with Gasteiger partial charge in [-0.05, 0) is 35.4 Å². The molecule has 0 aliphatic rings. The van der Waals surface area contributed by atoms with Gasteiger partial charge < -0.3 is 15.2 Å². The van der Waals surface area contributed by atoms with Gasteiger partial charge in [-0.25, -0.2) is 23.4 Å². The molecule has 3 aromatic carbocycles. The summed E-state index contributed by atoms with van der Waals surface area (Å²) in [5, 5.41) is 17.6. The van der Waals surface area contributed by atoms with Crippen molar-refractivity contribution in [3.05, 3.63) is 102 Å². The average Bonchev–Trinajstić information content (AvgIpc) is 3.29. The smallest absolute Gasteiger partial charge is 0.328 e. The number of aromatic nitrogens is 2. The minimum Gasteiger partial charge on any atom is -0.478 e. The van der Waals surface area contributed by atoms with E-state index in [4.69, 9.17) is 10.2 Å². The largest absolute Gasteiger partial charge is 0.478 e. The second kappa shape index (κ2) is 9.96. The fourth-order valence-corrected chi connectivity index (χ4v) is 3.45. The van der Waals surface area contributed by atoms with Gasteiger partial charge >= 0.3 is 11.9 Å². The summed E-state index contributed by atoms with van der Waals surface area (Å²) in [7, 11) is 0. The van der Waals surface area contributed by atoms with Crippen LogP contribution in [0.15, 0.2) is 78.9 Å². The number of aromatic amines is 1. The summed E-state index contributed by atoms with van der Waals surface area (Å²) in [6, 6.07) is 17.7. The lowest BCUT2D eigenvalue weighted by Crippen LogP contribution is -1.90. The Kier molecular flexibility index (Phi) is 6.64. The molecule has 0 amide bonds. The van der Waals surface area contributed by atoms with Crippen LogP contribution < -0.4 is 0 Å². The minimum absolute atomic E-state index is 0.0282. The van der Waals surface area contributed by atoms with Crippen LogP contribution in [0, 0.1) is 11.6 Å². The number of imidazole rings is 1. The van der Waals surface area contributed by atoms with E-state index in [-0.39, 0.29) is 11.4 Å². The molecule has 0 unspecified atom stereocenters. The Hall–Kier alpha value is -4.85. The Morgan fingerprint density at radius 3 is 1.86 bits per heavy atom. The lowest BCUT2D eigenvalue weighted by Gasteiger charge is -2.05. The van der Waals surface area contributed by atoms with Gasteiger partial charge in [0.2, 0.25) is 0 Å². The van der Waals surface area contributed by atoms with Crippen molar-refractivity contribution in [2.24, 2.45) is 0 Å². The number of hydrogen-bond acceptors (Lipinski definition) is 3. The maximum atomic E-state index is 14.5. The predicted molar refractivity (Wildman–Crippen MR) is 128 cm³/mol. The number of hydrogen-bond donors (Lipinski definition) is 3. The van der Waals surface area contributed by atoms with Gasteiger partial charge in [0.25, 0.3) is 0 Å². The first-order chi connectivity index (χ1) is 16.8. The Bertz CT molecular complexity index is 1370. The van der Waals surface area contributed by atoms with Crippen LogP contribution in [-0.4, -0.2) is 32.1 Å². The molecule has 0 fully saturated rings. The van der Waals surface area contributed by atoms with Gasteiger partial charge in [-0.15, -0.1) is 0 Å². The van der Waals surface area contributed by atoms with Crippen molar-refractivity contribution in [3.8, 4) is 33.9 Å². The van der Waals surface area contributed by atoms with Gasteiger partial charge in [0.1, 0.15) is 5.82 Å². The minimum atomic E-state index is -1.06. The summed E-state index contributed by atoms with van der Waals surface area (Å²) in [6.45, 7) is 0. The molecule has 8 heteroatoms. The number of nitrogens with zero attached hydrogens (tertiary/aromatic N) is 1. The van der Waals surface area contributed by atoms with Crippen molar-refractivity contribution in [1.29, 1.82) is 0 Å². The Morgan fingerprint density at radius 2 is 1.31 bits per heavy atom. The first-order valence-corrected chi connectivity index (χ1v) is 10.4. The summed E-state index contributed by atoms with van der Waals surface area (Å²) in [5.74, 6) is -4.01. The second-order valence-corrected chi connectivity index (χ2v) is 7.50. The van der Waals surface area contributed by atoms with E-state index < -0.39 is 23.6 Å². The summed E-state index contributed by atoms with van der Waals surface area (Å²) in [6.07, 6.45) is 4.97. The molecule has 1 heterocycles. The third-order valence-electron chi connectivity index (χ3n) is 5.13. The molecule has 0 aliphatic heterocycles. The van der Waals surface area contributed by atoms with Crippen LogP contribution in [0.1, 0.15) is 11.1 Å². The molecule has 174 valence electrons. The molecule has 0 spiro atoms. The van der Waals surface area contributed by atoms with Gasteiger partial charge in [0.15, 0.2) is 11.6 Å². The van der Waals surface area contributed by atoms with E-state index in [1.807, 2.05) is 0 Å². The SMILES string of the molecule is O=C(O)/C=C/c1ccc(-c2nc(-c3cccc(F)c3F)[nH]c2-c2ccc(/C=C/C(=O)O)cc2)cc1. The van der Waals surface area contributed by atoms with Crippen LogP contribution in [0.5, 0.6) is 0 Å². The molecule has 0 aliphatic carbocycles. The maximum absolute atomic E-state index is 14.5. The summed E-state index contributed by atoms with van der Waals surface area (Å²) >= 11 is 0. The predicted octanol–water partition coefficient (Wildman–Crippen LogP) is 5.88. The molecule has 35 heavy (non-hydrogen) atoms. The highest BCUT2D eigenvalue weighted by Gasteiger charge is 2.18.